The summed E-state index contributed by atoms with van der Waals surface area (Å²) >= 11 is 0. The topological polar surface area (TPSA) is 72.7 Å². The molecule has 6 nitrogen and oxygen atoms in total. The first-order valence-electron chi connectivity index (χ1n) is 10.7. The molecule has 0 saturated carbocycles. The highest BCUT2D eigenvalue weighted by atomic mass is 16.5. The van der Waals surface area contributed by atoms with Gasteiger partial charge in [0.15, 0.2) is 0 Å². The third-order valence-electron chi connectivity index (χ3n) is 5.28. The predicted octanol–water partition coefficient (Wildman–Crippen LogP) is 4.00. The summed E-state index contributed by atoms with van der Waals surface area (Å²) in [5.41, 5.74) is 3.10. The smallest absolute Gasteiger partial charge is 0.234 e. The fourth-order valence-corrected chi connectivity index (χ4v) is 3.84. The van der Waals surface area contributed by atoms with Gasteiger partial charge in [0.25, 0.3) is 0 Å². The molecule has 0 fully saturated rings. The van der Waals surface area contributed by atoms with E-state index in [1.54, 1.807) is 6.26 Å². The molecule has 0 bridgehead atoms. The molecule has 0 aliphatic carbocycles. The monoisotopic (exact) mass is 420 g/mol. The minimum atomic E-state index is -0.198. The number of carbonyl (C=O) groups is 1. The molecule has 162 valence electrons. The van der Waals surface area contributed by atoms with Gasteiger partial charge in [0.1, 0.15) is 23.4 Å². The molecule has 3 aromatic rings. The van der Waals surface area contributed by atoms with E-state index in [9.17, 15) is 4.79 Å². The number of hydrogen-bond acceptors (Lipinski definition) is 5. The van der Waals surface area contributed by atoms with Crippen LogP contribution in [0, 0.1) is 0 Å². The van der Waals surface area contributed by atoms with E-state index in [1.165, 1.54) is 0 Å². The molecule has 0 unspecified atom stereocenters. The van der Waals surface area contributed by atoms with Crippen LogP contribution < -0.4 is 20.1 Å². The number of furan rings is 1. The van der Waals surface area contributed by atoms with E-state index < -0.39 is 0 Å². The Labute approximate surface area is 182 Å². The van der Waals surface area contributed by atoms with Crippen molar-refractivity contribution < 1.29 is 18.7 Å². The molecule has 2 atom stereocenters. The van der Waals surface area contributed by atoms with Crippen molar-refractivity contribution in [3.8, 4) is 11.5 Å². The molecule has 1 amide bonds. The van der Waals surface area contributed by atoms with Crippen LogP contribution in [-0.4, -0.2) is 25.2 Å². The average molecular weight is 421 g/mol. The number of hydrogen-bond donors (Lipinski definition) is 2. The first kappa shape index (κ1) is 21.0. The van der Waals surface area contributed by atoms with Gasteiger partial charge in [-0.15, -0.1) is 0 Å². The maximum absolute atomic E-state index is 12.6. The highest BCUT2D eigenvalue weighted by Gasteiger charge is 2.22. The van der Waals surface area contributed by atoms with Crippen LogP contribution in [0.1, 0.15) is 42.3 Å². The maximum Gasteiger partial charge on any atom is 0.234 e. The van der Waals surface area contributed by atoms with Crippen LogP contribution in [0.4, 0.5) is 0 Å². The normalized spacial score (nSPS) is 15.7. The number of nitrogens with one attached hydrogen (secondary N) is 2. The number of ether oxygens (including phenoxy) is 2. The molecular formula is C25H28N2O4. The molecule has 0 spiro atoms. The second-order valence-electron chi connectivity index (χ2n) is 7.65. The standard InChI is InChI=1S/C25H28N2O4/c1-3-29-22-13-19-12-17(2)31-23(19)14-20(22)15-26-24(28)16-27-25(21-10-7-11-30-21)18-8-5-4-6-9-18/h4-11,13-14,17,25,27H,3,12,15-16H2,1-2H3,(H,26,28)/t17-,25+/m0/s1. The molecule has 1 aliphatic heterocycles. The Kier molecular flexibility index (Phi) is 6.57. The number of rotatable bonds is 9. The first-order chi connectivity index (χ1) is 15.1. The predicted molar refractivity (Wildman–Crippen MR) is 118 cm³/mol. The summed E-state index contributed by atoms with van der Waals surface area (Å²) in [6, 6.07) is 17.5. The number of amides is 1. The van der Waals surface area contributed by atoms with Gasteiger partial charge in [-0.2, -0.15) is 0 Å². The van der Waals surface area contributed by atoms with Crippen molar-refractivity contribution >= 4 is 5.91 Å². The van der Waals surface area contributed by atoms with Crippen molar-refractivity contribution in [1.82, 2.24) is 10.6 Å². The summed E-state index contributed by atoms with van der Waals surface area (Å²) in [5.74, 6) is 2.33. The van der Waals surface area contributed by atoms with Gasteiger partial charge in [-0.1, -0.05) is 30.3 Å². The van der Waals surface area contributed by atoms with Crippen LogP contribution in [0.25, 0.3) is 0 Å². The molecule has 31 heavy (non-hydrogen) atoms. The molecule has 2 aromatic carbocycles. The third kappa shape index (κ3) is 5.09. The third-order valence-corrected chi connectivity index (χ3v) is 5.28. The van der Waals surface area contributed by atoms with E-state index in [1.807, 2.05) is 61.5 Å². The molecule has 4 rings (SSSR count). The molecule has 2 N–H and O–H groups in total. The zero-order valence-electron chi connectivity index (χ0n) is 17.9. The molecule has 2 heterocycles. The van der Waals surface area contributed by atoms with Crippen LogP contribution in [0.3, 0.4) is 0 Å². The summed E-state index contributed by atoms with van der Waals surface area (Å²) < 4.78 is 17.2. The van der Waals surface area contributed by atoms with Crippen LogP contribution in [-0.2, 0) is 17.8 Å². The van der Waals surface area contributed by atoms with E-state index in [0.29, 0.717) is 13.2 Å². The van der Waals surface area contributed by atoms with Crippen LogP contribution in [0.2, 0.25) is 0 Å². The second kappa shape index (κ2) is 9.71. The fourth-order valence-electron chi connectivity index (χ4n) is 3.84. The molecule has 0 radical (unpaired) electrons. The van der Waals surface area contributed by atoms with Gasteiger partial charge in [-0.05, 0) is 43.7 Å². The van der Waals surface area contributed by atoms with E-state index in [-0.39, 0.29) is 24.6 Å². The fraction of sp³-hybridized carbons (Fsp3) is 0.320. The minimum Gasteiger partial charge on any atom is -0.494 e. The summed E-state index contributed by atoms with van der Waals surface area (Å²) in [5, 5.41) is 6.28. The van der Waals surface area contributed by atoms with Crippen molar-refractivity contribution in [2.24, 2.45) is 0 Å². The lowest BCUT2D eigenvalue weighted by atomic mass is 10.0. The Morgan fingerprint density at radius 2 is 2.03 bits per heavy atom. The Balaban J connectivity index is 1.39. The minimum absolute atomic E-state index is 0.107. The van der Waals surface area contributed by atoms with E-state index in [4.69, 9.17) is 13.9 Å². The Morgan fingerprint density at radius 3 is 2.77 bits per heavy atom. The second-order valence-corrected chi connectivity index (χ2v) is 7.65. The molecule has 1 aromatic heterocycles. The molecule has 1 aliphatic rings. The van der Waals surface area contributed by atoms with Crippen LogP contribution >= 0.6 is 0 Å². The Morgan fingerprint density at radius 1 is 1.19 bits per heavy atom. The van der Waals surface area contributed by atoms with Crippen LogP contribution in [0.15, 0.2) is 65.3 Å². The lowest BCUT2D eigenvalue weighted by Gasteiger charge is -2.17. The Hall–Kier alpha value is -3.25. The quantitative estimate of drug-likeness (QED) is 0.548. The first-order valence-corrected chi connectivity index (χ1v) is 10.7. The van der Waals surface area contributed by atoms with Crippen LogP contribution in [0.5, 0.6) is 11.5 Å². The van der Waals surface area contributed by atoms with Gasteiger partial charge < -0.3 is 19.2 Å². The number of fused-ring (bicyclic) bond motifs is 1. The highest BCUT2D eigenvalue weighted by molar-refractivity contribution is 5.78. The number of benzene rings is 2. The summed E-state index contributed by atoms with van der Waals surface area (Å²) in [6.45, 7) is 5.10. The van der Waals surface area contributed by atoms with Crippen molar-refractivity contribution in [3.63, 3.8) is 0 Å². The average Bonchev–Trinajstić information content (AvgIpc) is 3.42. The lowest BCUT2D eigenvalue weighted by Crippen LogP contribution is -2.35. The van der Waals surface area contributed by atoms with E-state index in [2.05, 4.69) is 17.6 Å². The SMILES string of the molecule is CCOc1cc2c(cc1CNC(=O)CN[C@H](c1ccccc1)c1ccco1)O[C@@H](C)C2. The zero-order chi connectivity index (χ0) is 21.6. The van der Waals surface area contributed by atoms with Gasteiger partial charge >= 0.3 is 0 Å². The van der Waals surface area contributed by atoms with Crippen molar-refractivity contribution in [2.45, 2.75) is 39.0 Å². The van der Waals surface area contributed by atoms with Gasteiger partial charge in [0, 0.05) is 24.1 Å². The van der Waals surface area contributed by atoms with Gasteiger partial charge in [0.2, 0.25) is 5.91 Å². The molecule has 0 saturated heterocycles. The Bertz CT molecular complexity index is 1000. The van der Waals surface area contributed by atoms with E-state index in [0.717, 1.165) is 40.4 Å². The maximum atomic E-state index is 12.6. The van der Waals surface area contributed by atoms with Gasteiger partial charge in [-0.3, -0.25) is 10.1 Å². The van der Waals surface area contributed by atoms with Crippen molar-refractivity contribution in [2.75, 3.05) is 13.2 Å². The van der Waals surface area contributed by atoms with Gasteiger partial charge in [0.05, 0.1) is 25.5 Å². The highest BCUT2D eigenvalue weighted by Crippen LogP contribution is 2.35. The van der Waals surface area contributed by atoms with E-state index >= 15 is 0 Å². The zero-order valence-corrected chi connectivity index (χ0v) is 17.9. The summed E-state index contributed by atoms with van der Waals surface area (Å²) in [6.07, 6.45) is 2.67. The largest absolute Gasteiger partial charge is 0.494 e. The van der Waals surface area contributed by atoms with Gasteiger partial charge in [-0.25, -0.2) is 0 Å². The summed E-state index contributed by atoms with van der Waals surface area (Å²) in [4.78, 5) is 12.6. The molecule has 6 heteroatoms. The molecular weight excluding hydrogens is 392 g/mol. The lowest BCUT2D eigenvalue weighted by molar-refractivity contribution is -0.120. The number of carbonyl (C=O) groups excluding carboxylic acids is 1. The summed E-state index contributed by atoms with van der Waals surface area (Å²) in [7, 11) is 0. The van der Waals surface area contributed by atoms with Crippen molar-refractivity contribution in [3.05, 3.63) is 83.3 Å². The van der Waals surface area contributed by atoms with Crippen molar-refractivity contribution in [1.29, 1.82) is 0 Å².